The van der Waals surface area contributed by atoms with Crippen LogP contribution in [0.3, 0.4) is 0 Å². The van der Waals surface area contributed by atoms with Gasteiger partial charge in [-0.15, -0.1) is 0 Å². The summed E-state index contributed by atoms with van der Waals surface area (Å²) in [5.41, 5.74) is -0.449. The number of aliphatic hydroxyl groups is 3. The molecule has 9 nitrogen and oxygen atoms in total. The summed E-state index contributed by atoms with van der Waals surface area (Å²) in [6.45, 7) is 1.74. The molecule has 0 spiro atoms. The van der Waals surface area contributed by atoms with Crippen molar-refractivity contribution in [3.05, 3.63) is 61.9 Å². The van der Waals surface area contributed by atoms with Crippen LogP contribution in [0.2, 0.25) is 0 Å². The first kappa shape index (κ1) is 25.4. The summed E-state index contributed by atoms with van der Waals surface area (Å²) >= 11 is 0. The van der Waals surface area contributed by atoms with E-state index in [9.17, 15) is 30.0 Å². The van der Waals surface area contributed by atoms with E-state index in [1.807, 2.05) is 6.07 Å². The van der Waals surface area contributed by atoms with E-state index in [0.717, 1.165) is 32.1 Å². The fourth-order valence-electron chi connectivity index (χ4n) is 7.80. The Morgan fingerprint density at radius 2 is 2.03 bits per heavy atom. The third-order valence-corrected chi connectivity index (χ3v) is 9.93. The lowest BCUT2D eigenvalue weighted by Crippen LogP contribution is -2.50. The SMILES string of the molecule is C[C@]12CC[C@@H]3c4ccc(O)cc4CC[C@H]3[C@@H]1CC[C@@]2(O)C#Cc1cn([C@H]2C[C@H](O)[C@@H](CO)O2)c(=O)[nH]c1=O. The van der Waals surface area contributed by atoms with E-state index in [1.165, 1.54) is 21.9 Å². The molecule has 5 N–H and O–H groups in total. The van der Waals surface area contributed by atoms with Gasteiger partial charge in [-0.25, -0.2) is 4.79 Å². The smallest absolute Gasteiger partial charge is 0.330 e. The van der Waals surface area contributed by atoms with Crippen LogP contribution in [0, 0.1) is 29.1 Å². The number of benzene rings is 1. The van der Waals surface area contributed by atoms with Crippen molar-refractivity contribution in [2.75, 3.05) is 6.61 Å². The third-order valence-electron chi connectivity index (χ3n) is 9.93. The molecule has 8 atom stereocenters. The van der Waals surface area contributed by atoms with Crippen LogP contribution in [0.1, 0.15) is 74.3 Å². The Balaban J connectivity index is 1.29. The van der Waals surface area contributed by atoms with Gasteiger partial charge < -0.3 is 25.2 Å². The number of rotatable bonds is 2. The summed E-state index contributed by atoms with van der Waals surface area (Å²) in [4.78, 5) is 27.3. The van der Waals surface area contributed by atoms with Gasteiger partial charge in [0.25, 0.3) is 5.56 Å². The highest BCUT2D eigenvalue weighted by atomic mass is 16.5. The Labute approximate surface area is 220 Å². The van der Waals surface area contributed by atoms with Crippen LogP contribution >= 0.6 is 0 Å². The lowest BCUT2D eigenvalue weighted by atomic mass is 9.53. The maximum atomic E-state index is 12.6. The van der Waals surface area contributed by atoms with E-state index in [1.54, 1.807) is 6.07 Å². The largest absolute Gasteiger partial charge is 0.508 e. The second-order valence-corrected chi connectivity index (χ2v) is 11.7. The summed E-state index contributed by atoms with van der Waals surface area (Å²) in [6, 6.07) is 5.71. The quantitative estimate of drug-likeness (QED) is 0.376. The number of aromatic hydroxyl groups is 1. The molecule has 0 amide bonds. The van der Waals surface area contributed by atoms with Crippen LogP contribution in [0.5, 0.6) is 5.75 Å². The third kappa shape index (κ3) is 3.85. The minimum absolute atomic E-state index is 0.0377. The average Bonchev–Trinajstić information content (AvgIpc) is 3.39. The Morgan fingerprint density at radius 1 is 1.21 bits per heavy atom. The molecule has 2 heterocycles. The number of aromatic amines is 1. The van der Waals surface area contributed by atoms with Gasteiger partial charge in [0.2, 0.25) is 0 Å². The number of hydrogen-bond donors (Lipinski definition) is 5. The number of aryl methyl sites for hydroxylation is 1. The maximum Gasteiger partial charge on any atom is 0.330 e. The number of phenols is 1. The second-order valence-electron chi connectivity index (χ2n) is 11.7. The number of nitrogens with one attached hydrogen (secondary N) is 1. The molecule has 6 rings (SSSR count). The Kier molecular flexibility index (Phi) is 6.07. The standard InChI is InChI=1S/C29H34N2O7/c1-28-9-7-20-19-5-3-18(33)12-16(19)2-4-21(20)22(28)8-11-29(28,37)10-6-17-14-31(27(36)30-26(17)35)25-13-23(34)24(15-32)38-25/h3,5,12,14,20-25,32-34,37H,2,4,7-9,11,13,15H2,1H3,(H,30,35,36)/t20-,21-,22+,23+,24-,25-,28+,29+/m1/s1. The molecule has 0 unspecified atom stereocenters. The zero-order chi connectivity index (χ0) is 26.8. The molecule has 38 heavy (non-hydrogen) atoms. The lowest BCUT2D eigenvalue weighted by Gasteiger charge is -2.52. The van der Waals surface area contributed by atoms with E-state index in [0.29, 0.717) is 29.9 Å². The van der Waals surface area contributed by atoms with E-state index in [4.69, 9.17) is 4.74 Å². The van der Waals surface area contributed by atoms with Crippen molar-refractivity contribution in [1.82, 2.24) is 9.55 Å². The van der Waals surface area contributed by atoms with Gasteiger partial charge in [-0.2, -0.15) is 0 Å². The number of phenolic OH excluding ortho intramolecular Hbond substituents is 1. The number of aromatic nitrogens is 2. The van der Waals surface area contributed by atoms with Gasteiger partial charge in [-0.3, -0.25) is 14.3 Å². The highest BCUT2D eigenvalue weighted by Crippen LogP contribution is 2.64. The molecule has 1 aliphatic heterocycles. The first-order valence-corrected chi connectivity index (χ1v) is 13.5. The first-order valence-electron chi connectivity index (χ1n) is 13.5. The lowest BCUT2D eigenvalue weighted by molar-refractivity contribution is -0.0647. The Hall–Kier alpha value is -2.90. The summed E-state index contributed by atoms with van der Waals surface area (Å²) < 4.78 is 6.76. The van der Waals surface area contributed by atoms with Crippen LogP contribution in [0.15, 0.2) is 34.0 Å². The fourth-order valence-corrected chi connectivity index (χ4v) is 7.80. The minimum atomic E-state index is -1.27. The van der Waals surface area contributed by atoms with Crippen molar-refractivity contribution >= 4 is 0 Å². The molecule has 0 bridgehead atoms. The monoisotopic (exact) mass is 522 g/mol. The van der Waals surface area contributed by atoms with Gasteiger partial charge in [0.15, 0.2) is 0 Å². The van der Waals surface area contributed by atoms with E-state index in [2.05, 4.69) is 29.8 Å². The normalized spacial score (nSPS) is 37.6. The number of ether oxygens (including phenoxy) is 1. The summed E-state index contributed by atoms with van der Waals surface area (Å²) in [5.74, 6) is 7.36. The molecule has 3 aliphatic carbocycles. The molecule has 2 saturated carbocycles. The van der Waals surface area contributed by atoms with Crippen LogP contribution in [-0.4, -0.2) is 54.4 Å². The predicted octanol–water partition coefficient (Wildman–Crippen LogP) is 1.52. The van der Waals surface area contributed by atoms with Gasteiger partial charge in [-0.1, -0.05) is 24.8 Å². The second kappa shape index (κ2) is 9.09. The molecule has 202 valence electrons. The fraction of sp³-hybridized carbons (Fsp3) is 0.586. The first-order chi connectivity index (χ1) is 18.1. The molecule has 1 saturated heterocycles. The van der Waals surface area contributed by atoms with Crippen molar-refractivity contribution in [2.24, 2.45) is 17.3 Å². The molecule has 0 radical (unpaired) electrons. The van der Waals surface area contributed by atoms with E-state index >= 15 is 0 Å². The highest BCUT2D eigenvalue weighted by Gasteiger charge is 2.61. The molecule has 9 heteroatoms. The predicted molar refractivity (Wildman–Crippen MR) is 137 cm³/mol. The molecule has 1 aromatic carbocycles. The Bertz CT molecular complexity index is 1440. The van der Waals surface area contributed by atoms with Crippen molar-refractivity contribution in [3.8, 4) is 17.6 Å². The number of aliphatic hydroxyl groups excluding tert-OH is 2. The van der Waals surface area contributed by atoms with E-state index < -0.39 is 40.7 Å². The van der Waals surface area contributed by atoms with Crippen LogP contribution < -0.4 is 11.2 Å². The van der Waals surface area contributed by atoms with Gasteiger partial charge in [0, 0.05) is 18.0 Å². The summed E-state index contributed by atoms with van der Waals surface area (Å²) in [5, 5.41) is 41.2. The topological polar surface area (TPSA) is 145 Å². The van der Waals surface area contributed by atoms with Crippen LogP contribution in [0.4, 0.5) is 0 Å². The highest BCUT2D eigenvalue weighted by molar-refractivity contribution is 5.41. The molecule has 2 aromatic rings. The number of fused-ring (bicyclic) bond motifs is 5. The van der Waals surface area contributed by atoms with Gasteiger partial charge in [-0.05, 0) is 79.5 Å². The zero-order valence-electron chi connectivity index (χ0n) is 21.4. The number of hydrogen-bond acceptors (Lipinski definition) is 7. The Morgan fingerprint density at radius 3 is 2.79 bits per heavy atom. The van der Waals surface area contributed by atoms with Crippen molar-refractivity contribution in [3.63, 3.8) is 0 Å². The summed E-state index contributed by atoms with van der Waals surface area (Å²) in [7, 11) is 0. The minimum Gasteiger partial charge on any atom is -0.508 e. The average molecular weight is 523 g/mol. The zero-order valence-corrected chi connectivity index (χ0v) is 21.4. The number of H-pyrrole nitrogens is 1. The van der Waals surface area contributed by atoms with Gasteiger partial charge >= 0.3 is 5.69 Å². The molecular weight excluding hydrogens is 488 g/mol. The van der Waals surface area contributed by atoms with Crippen molar-refractivity contribution in [1.29, 1.82) is 0 Å². The van der Waals surface area contributed by atoms with E-state index in [-0.39, 0.29) is 18.6 Å². The van der Waals surface area contributed by atoms with Crippen LogP contribution in [-0.2, 0) is 11.2 Å². The molecule has 1 aromatic heterocycles. The van der Waals surface area contributed by atoms with Gasteiger partial charge in [0.1, 0.15) is 29.2 Å². The van der Waals surface area contributed by atoms with Crippen molar-refractivity contribution in [2.45, 2.75) is 81.8 Å². The molecule has 3 fully saturated rings. The summed E-state index contributed by atoms with van der Waals surface area (Å²) in [6.07, 6.45) is 3.85. The van der Waals surface area contributed by atoms with Crippen LogP contribution in [0.25, 0.3) is 0 Å². The van der Waals surface area contributed by atoms with Crippen molar-refractivity contribution < 1.29 is 25.2 Å². The molecule has 4 aliphatic rings. The van der Waals surface area contributed by atoms with Gasteiger partial charge in [0.05, 0.1) is 12.7 Å². The maximum absolute atomic E-state index is 12.6. The molecular formula is C29H34N2O7. The number of nitrogens with zero attached hydrogens (tertiary/aromatic N) is 1.